The molecule has 67 heavy (non-hydrogen) atoms. The monoisotopic (exact) mass is 948 g/mol. The Hall–Kier alpha value is -4.11. The summed E-state index contributed by atoms with van der Waals surface area (Å²) in [5.74, 6) is 5.27. The van der Waals surface area contributed by atoms with Gasteiger partial charge in [0.2, 0.25) is 11.8 Å². The molecule has 19 nitrogen and oxygen atoms in total. The minimum absolute atomic E-state index is 0.0109. The SMILES string of the molecule is O=C(O)CCOCCOCCOCCOCCOCCOCCOCCOCCOCCOCCOCCOCCOCCC(=O)NCCC(=O)N1Cc2ccccc2C#Cc2ccccc21. The minimum Gasteiger partial charge on any atom is -0.481 e. The number of carbonyl (C=O) groups is 3. The van der Waals surface area contributed by atoms with Gasteiger partial charge in [-0.15, -0.1) is 0 Å². The highest BCUT2D eigenvalue weighted by Gasteiger charge is 2.21. The molecule has 19 heteroatoms. The van der Waals surface area contributed by atoms with Crippen LogP contribution in [0.1, 0.15) is 36.0 Å². The third-order valence-corrected chi connectivity index (χ3v) is 9.23. The molecule has 0 atom stereocenters. The predicted molar refractivity (Wildman–Crippen MR) is 245 cm³/mol. The summed E-state index contributed by atoms with van der Waals surface area (Å²) in [5, 5.41) is 11.3. The summed E-state index contributed by atoms with van der Waals surface area (Å²) in [6.07, 6.45) is 0.345. The Labute approximate surface area is 395 Å². The van der Waals surface area contributed by atoms with Gasteiger partial charge in [0.05, 0.1) is 190 Å². The van der Waals surface area contributed by atoms with Gasteiger partial charge in [-0.3, -0.25) is 14.4 Å². The average Bonchev–Trinajstić information content (AvgIpc) is 3.32. The molecular weight excluding hydrogens is 877 g/mol. The maximum atomic E-state index is 13.3. The van der Waals surface area contributed by atoms with Gasteiger partial charge in [0, 0.05) is 30.5 Å². The van der Waals surface area contributed by atoms with Crippen molar-refractivity contribution in [1.82, 2.24) is 5.32 Å². The molecule has 0 aliphatic carbocycles. The number of rotatable bonds is 45. The molecule has 0 saturated carbocycles. The van der Waals surface area contributed by atoms with Gasteiger partial charge in [-0.25, -0.2) is 0 Å². The highest BCUT2D eigenvalue weighted by atomic mass is 16.6. The first kappa shape index (κ1) is 57.2. The molecular formula is C48H72N2O17. The largest absolute Gasteiger partial charge is 0.481 e. The van der Waals surface area contributed by atoms with Crippen molar-refractivity contribution in [2.24, 2.45) is 0 Å². The lowest BCUT2D eigenvalue weighted by atomic mass is 10.0. The van der Waals surface area contributed by atoms with Gasteiger partial charge < -0.3 is 76.9 Å². The Morgan fingerprint density at radius 2 is 0.761 bits per heavy atom. The number of ether oxygens (including phenoxy) is 13. The van der Waals surface area contributed by atoms with Crippen LogP contribution >= 0.6 is 0 Å². The zero-order valence-corrected chi connectivity index (χ0v) is 39.0. The Morgan fingerprint density at radius 3 is 1.16 bits per heavy atom. The second-order valence-corrected chi connectivity index (χ2v) is 14.4. The first-order chi connectivity index (χ1) is 33.0. The highest BCUT2D eigenvalue weighted by molar-refractivity contribution is 5.95. The smallest absolute Gasteiger partial charge is 0.305 e. The number of fused-ring (bicyclic) bond motifs is 2. The van der Waals surface area contributed by atoms with Crippen molar-refractivity contribution in [2.45, 2.75) is 25.8 Å². The fraction of sp³-hybridized carbons (Fsp3) is 0.646. The molecule has 1 heterocycles. The highest BCUT2D eigenvalue weighted by Crippen LogP contribution is 2.25. The molecule has 376 valence electrons. The molecule has 3 rings (SSSR count). The molecule has 2 aromatic carbocycles. The molecule has 0 aromatic heterocycles. The molecule has 1 aliphatic heterocycles. The summed E-state index contributed by atoms with van der Waals surface area (Å²) >= 11 is 0. The second-order valence-electron chi connectivity index (χ2n) is 14.4. The maximum Gasteiger partial charge on any atom is 0.305 e. The number of carbonyl (C=O) groups excluding carboxylic acids is 2. The molecule has 0 unspecified atom stereocenters. The van der Waals surface area contributed by atoms with Crippen LogP contribution in [0.2, 0.25) is 0 Å². The number of amides is 2. The van der Waals surface area contributed by atoms with E-state index >= 15 is 0 Å². The van der Waals surface area contributed by atoms with Gasteiger partial charge in [0.1, 0.15) is 0 Å². The topological polar surface area (TPSA) is 207 Å². The molecule has 1 aliphatic rings. The second kappa shape index (κ2) is 40.9. The fourth-order valence-electron chi connectivity index (χ4n) is 5.81. The summed E-state index contributed by atoms with van der Waals surface area (Å²) in [4.78, 5) is 37.7. The number of carboxylic acids is 1. The average molecular weight is 949 g/mol. The zero-order chi connectivity index (χ0) is 47.5. The van der Waals surface area contributed by atoms with Gasteiger partial charge >= 0.3 is 5.97 Å². The molecule has 2 amide bonds. The van der Waals surface area contributed by atoms with Crippen molar-refractivity contribution in [3.05, 3.63) is 65.2 Å². The quantitative estimate of drug-likeness (QED) is 0.0723. The van der Waals surface area contributed by atoms with E-state index in [4.69, 9.17) is 66.7 Å². The molecule has 0 fully saturated rings. The normalized spacial score (nSPS) is 11.9. The number of benzene rings is 2. The van der Waals surface area contributed by atoms with Crippen LogP contribution < -0.4 is 10.2 Å². The van der Waals surface area contributed by atoms with E-state index in [-0.39, 0.29) is 50.8 Å². The van der Waals surface area contributed by atoms with E-state index in [0.29, 0.717) is 165 Å². The van der Waals surface area contributed by atoms with E-state index in [1.807, 2.05) is 48.5 Å². The third kappa shape index (κ3) is 30.8. The Morgan fingerprint density at radius 1 is 0.433 bits per heavy atom. The van der Waals surface area contributed by atoms with E-state index in [1.165, 1.54) is 0 Å². The van der Waals surface area contributed by atoms with E-state index in [0.717, 1.165) is 22.4 Å². The number of hydrogen-bond acceptors (Lipinski definition) is 16. The lowest BCUT2D eigenvalue weighted by Gasteiger charge is -2.26. The van der Waals surface area contributed by atoms with Crippen LogP contribution in [0.3, 0.4) is 0 Å². The number of para-hydroxylation sites is 1. The first-order valence-corrected chi connectivity index (χ1v) is 23.0. The number of hydrogen-bond donors (Lipinski definition) is 2. The van der Waals surface area contributed by atoms with Crippen LogP contribution in [0.5, 0.6) is 0 Å². The predicted octanol–water partition coefficient (Wildman–Crippen LogP) is 2.52. The third-order valence-electron chi connectivity index (χ3n) is 9.23. The zero-order valence-electron chi connectivity index (χ0n) is 39.0. The first-order valence-electron chi connectivity index (χ1n) is 23.0. The van der Waals surface area contributed by atoms with Gasteiger partial charge in [-0.05, 0) is 23.8 Å². The van der Waals surface area contributed by atoms with Crippen molar-refractivity contribution in [1.29, 1.82) is 0 Å². The van der Waals surface area contributed by atoms with E-state index in [9.17, 15) is 14.4 Å². The summed E-state index contributed by atoms with van der Waals surface area (Å²) < 4.78 is 70.8. The molecule has 0 spiro atoms. The molecule has 0 bridgehead atoms. The maximum absolute atomic E-state index is 13.3. The van der Waals surface area contributed by atoms with E-state index in [1.54, 1.807) is 4.90 Å². The van der Waals surface area contributed by atoms with Crippen LogP contribution in [0.15, 0.2) is 48.5 Å². The standard InChI is InChI=1S/C48H72N2O17/c51-46(49-14-11-47(52)50-41-44-7-2-1-5-42(44)9-10-43-6-3-4-8-45(43)50)12-15-55-17-19-57-21-23-59-25-27-61-29-31-63-33-35-65-37-39-67-40-38-66-36-34-64-32-30-62-28-26-60-24-22-58-20-18-56-16-13-48(53)54/h1-8H,11-41H2,(H,49,51)(H,53,54). The van der Waals surface area contributed by atoms with Crippen molar-refractivity contribution < 1.29 is 81.1 Å². The summed E-state index contributed by atoms with van der Waals surface area (Å²) in [5.41, 5.74) is 3.45. The number of nitrogens with one attached hydrogen (secondary N) is 1. The molecule has 0 saturated heterocycles. The van der Waals surface area contributed by atoms with Gasteiger partial charge in [0.15, 0.2) is 0 Å². The molecule has 2 aromatic rings. The summed E-state index contributed by atoms with van der Waals surface area (Å²) in [6, 6.07) is 15.4. The molecule has 0 radical (unpaired) electrons. The minimum atomic E-state index is -0.881. The van der Waals surface area contributed by atoms with Crippen LogP contribution in [0, 0.1) is 11.8 Å². The lowest BCUT2D eigenvalue weighted by Crippen LogP contribution is -2.35. The van der Waals surface area contributed by atoms with Gasteiger partial charge in [-0.1, -0.05) is 42.2 Å². The summed E-state index contributed by atoms with van der Waals surface area (Å²) in [7, 11) is 0. The van der Waals surface area contributed by atoms with Crippen LogP contribution in [-0.2, 0) is 82.5 Å². The lowest BCUT2D eigenvalue weighted by molar-refractivity contribution is -0.138. The Kier molecular flexibility index (Phi) is 34.9. The van der Waals surface area contributed by atoms with E-state index in [2.05, 4.69) is 17.2 Å². The number of aliphatic carboxylic acids is 1. The van der Waals surface area contributed by atoms with Crippen molar-refractivity contribution in [3.63, 3.8) is 0 Å². The number of anilines is 1. The Bertz CT molecular complexity index is 1640. The van der Waals surface area contributed by atoms with Crippen LogP contribution in [-0.4, -0.2) is 201 Å². The summed E-state index contributed by atoms with van der Waals surface area (Å²) in [6.45, 7) is 11.8. The van der Waals surface area contributed by atoms with Crippen LogP contribution in [0.25, 0.3) is 0 Å². The molecule has 2 N–H and O–H groups in total. The van der Waals surface area contributed by atoms with Crippen LogP contribution in [0.4, 0.5) is 5.69 Å². The number of carboxylic acid groups (broad SMARTS) is 1. The van der Waals surface area contributed by atoms with E-state index < -0.39 is 5.97 Å². The van der Waals surface area contributed by atoms with Gasteiger partial charge in [0.25, 0.3) is 0 Å². The van der Waals surface area contributed by atoms with Crippen molar-refractivity contribution in [3.8, 4) is 11.8 Å². The fourth-order valence-corrected chi connectivity index (χ4v) is 5.81. The Balaban J connectivity index is 0.950. The van der Waals surface area contributed by atoms with Gasteiger partial charge in [-0.2, -0.15) is 0 Å². The van der Waals surface area contributed by atoms with Crippen molar-refractivity contribution >= 4 is 23.5 Å². The van der Waals surface area contributed by atoms with Crippen molar-refractivity contribution in [2.75, 3.05) is 183 Å². The number of nitrogens with zero attached hydrogens (tertiary/aromatic N) is 1.